The maximum absolute atomic E-state index is 6.05. The SMILES string of the molecule is C=C(C)CC(N)c1snnc1C(C)C. The van der Waals surface area contributed by atoms with E-state index in [2.05, 4.69) is 30.0 Å². The predicted molar refractivity (Wildman–Crippen MR) is 60.4 cm³/mol. The van der Waals surface area contributed by atoms with E-state index in [0.717, 1.165) is 22.6 Å². The Bertz CT molecular complexity index is 317. The van der Waals surface area contributed by atoms with Gasteiger partial charge in [-0.05, 0) is 30.8 Å². The van der Waals surface area contributed by atoms with Gasteiger partial charge in [0, 0.05) is 6.04 Å². The predicted octanol–water partition coefficient (Wildman–Crippen LogP) is 2.63. The monoisotopic (exact) mass is 211 g/mol. The first kappa shape index (κ1) is 11.3. The van der Waals surface area contributed by atoms with Gasteiger partial charge in [0.25, 0.3) is 0 Å². The molecule has 0 aliphatic carbocycles. The maximum atomic E-state index is 6.05. The minimum Gasteiger partial charge on any atom is -0.323 e. The number of hydrogen-bond acceptors (Lipinski definition) is 4. The van der Waals surface area contributed by atoms with E-state index < -0.39 is 0 Å². The van der Waals surface area contributed by atoms with Crippen LogP contribution in [0, 0.1) is 0 Å². The number of nitrogens with zero attached hydrogens (tertiary/aromatic N) is 2. The summed E-state index contributed by atoms with van der Waals surface area (Å²) in [5, 5.41) is 4.10. The lowest BCUT2D eigenvalue weighted by Gasteiger charge is -2.11. The fourth-order valence-electron chi connectivity index (χ4n) is 1.33. The van der Waals surface area contributed by atoms with Gasteiger partial charge in [0.1, 0.15) is 0 Å². The average molecular weight is 211 g/mol. The van der Waals surface area contributed by atoms with E-state index in [1.165, 1.54) is 11.5 Å². The van der Waals surface area contributed by atoms with Gasteiger partial charge in [-0.25, -0.2) is 0 Å². The first-order chi connectivity index (χ1) is 6.52. The van der Waals surface area contributed by atoms with Gasteiger partial charge < -0.3 is 5.73 Å². The highest BCUT2D eigenvalue weighted by molar-refractivity contribution is 7.05. The van der Waals surface area contributed by atoms with Crippen molar-refractivity contribution in [3.63, 3.8) is 0 Å². The van der Waals surface area contributed by atoms with Crippen molar-refractivity contribution >= 4 is 11.5 Å². The topological polar surface area (TPSA) is 51.8 Å². The maximum Gasteiger partial charge on any atom is 0.0829 e. The molecule has 1 unspecified atom stereocenters. The van der Waals surface area contributed by atoms with E-state index in [9.17, 15) is 0 Å². The highest BCUT2D eigenvalue weighted by atomic mass is 32.1. The first-order valence-electron chi connectivity index (χ1n) is 4.74. The van der Waals surface area contributed by atoms with E-state index in [1.54, 1.807) is 0 Å². The molecule has 14 heavy (non-hydrogen) atoms. The summed E-state index contributed by atoms with van der Waals surface area (Å²) in [7, 11) is 0. The van der Waals surface area contributed by atoms with Gasteiger partial charge in [0.2, 0.25) is 0 Å². The lowest BCUT2D eigenvalue weighted by molar-refractivity contribution is 0.697. The zero-order valence-corrected chi connectivity index (χ0v) is 9.77. The second kappa shape index (κ2) is 4.66. The normalized spacial score (nSPS) is 13.2. The Balaban J connectivity index is 2.83. The Morgan fingerprint density at radius 3 is 2.71 bits per heavy atom. The molecule has 0 radical (unpaired) electrons. The van der Waals surface area contributed by atoms with Crippen molar-refractivity contribution < 1.29 is 0 Å². The molecule has 3 nitrogen and oxygen atoms in total. The summed E-state index contributed by atoms with van der Waals surface area (Å²) < 4.78 is 3.95. The molecule has 0 saturated carbocycles. The first-order valence-corrected chi connectivity index (χ1v) is 5.51. The molecule has 1 rings (SSSR count). The molecule has 1 atom stereocenters. The third-order valence-electron chi connectivity index (χ3n) is 1.99. The van der Waals surface area contributed by atoms with Crippen LogP contribution >= 0.6 is 11.5 Å². The zero-order valence-electron chi connectivity index (χ0n) is 8.95. The second-order valence-electron chi connectivity index (χ2n) is 3.94. The molecule has 0 aliphatic heterocycles. The summed E-state index contributed by atoms with van der Waals surface area (Å²) in [5.74, 6) is 0.389. The van der Waals surface area contributed by atoms with Gasteiger partial charge >= 0.3 is 0 Å². The highest BCUT2D eigenvalue weighted by Gasteiger charge is 2.17. The molecular weight excluding hydrogens is 194 g/mol. The lowest BCUT2D eigenvalue weighted by Crippen LogP contribution is -2.11. The van der Waals surface area contributed by atoms with Crippen molar-refractivity contribution in [2.24, 2.45) is 5.73 Å². The molecule has 0 amide bonds. The summed E-state index contributed by atoms with van der Waals surface area (Å²) in [6, 6.07) is 0.00454. The molecule has 1 aromatic rings. The quantitative estimate of drug-likeness (QED) is 0.779. The fraction of sp³-hybridized carbons (Fsp3) is 0.600. The van der Waals surface area contributed by atoms with Crippen LogP contribution in [0.25, 0.3) is 0 Å². The summed E-state index contributed by atoms with van der Waals surface area (Å²) >= 11 is 1.40. The molecule has 0 aliphatic rings. The Hall–Kier alpha value is -0.740. The Labute approximate surface area is 89.2 Å². The van der Waals surface area contributed by atoms with Gasteiger partial charge in [0.05, 0.1) is 10.6 Å². The molecule has 78 valence electrons. The van der Waals surface area contributed by atoms with Crippen LogP contribution in [0.15, 0.2) is 12.2 Å². The summed E-state index contributed by atoms with van der Waals surface area (Å²) in [6.45, 7) is 10.1. The third-order valence-corrected chi connectivity index (χ3v) is 2.86. The van der Waals surface area contributed by atoms with Gasteiger partial charge in [-0.3, -0.25) is 0 Å². The number of aromatic nitrogens is 2. The van der Waals surface area contributed by atoms with Crippen LogP contribution in [0.3, 0.4) is 0 Å². The van der Waals surface area contributed by atoms with E-state index in [4.69, 9.17) is 5.73 Å². The van der Waals surface area contributed by atoms with Gasteiger partial charge in [0.15, 0.2) is 0 Å². The van der Waals surface area contributed by atoms with Gasteiger partial charge in [-0.2, -0.15) is 0 Å². The third kappa shape index (κ3) is 2.62. The number of hydrogen-bond donors (Lipinski definition) is 1. The van der Waals surface area contributed by atoms with Crippen molar-refractivity contribution in [3.05, 3.63) is 22.7 Å². The van der Waals surface area contributed by atoms with Crippen molar-refractivity contribution in [2.45, 2.75) is 39.2 Å². The molecule has 0 aromatic carbocycles. The molecule has 0 spiro atoms. The second-order valence-corrected chi connectivity index (χ2v) is 4.73. The van der Waals surface area contributed by atoms with Crippen LogP contribution in [0.5, 0.6) is 0 Å². The number of nitrogens with two attached hydrogens (primary N) is 1. The van der Waals surface area contributed by atoms with Crippen molar-refractivity contribution in [1.82, 2.24) is 9.59 Å². The highest BCUT2D eigenvalue weighted by Crippen LogP contribution is 2.27. The van der Waals surface area contributed by atoms with E-state index in [-0.39, 0.29) is 6.04 Å². The van der Waals surface area contributed by atoms with E-state index in [0.29, 0.717) is 5.92 Å². The Morgan fingerprint density at radius 1 is 1.57 bits per heavy atom. The summed E-state index contributed by atoms with van der Waals surface area (Å²) in [5.41, 5.74) is 8.18. The molecule has 2 N–H and O–H groups in total. The molecule has 0 bridgehead atoms. The Morgan fingerprint density at radius 2 is 2.21 bits per heavy atom. The zero-order chi connectivity index (χ0) is 10.7. The van der Waals surface area contributed by atoms with Crippen LogP contribution in [-0.2, 0) is 0 Å². The minimum absolute atomic E-state index is 0.00454. The van der Waals surface area contributed by atoms with Crippen LogP contribution in [-0.4, -0.2) is 9.59 Å². The van der Waals surface area contributed by atoms with Gasteiger partial charge in [-0.15, -0.1) is 11.7 Å². The van der Waals surface area contributed by atoms with Gasteiger partial charge in [-0.1, -0.05) is 23.9 Å². The minimum atomic E-state index is 0.00454. The largest absolute Gasteiger partial charge is 0.323 e. The van der Waals surface area contributed by atoms with E-state index in [1.807, 2.05) is 6.92 Å². The van der Waals surface area contributed by atoms with Crippen molar-refractivity contribution in [3.8, 4) is 0 Å². The molecule has 4 heteroatoms. The fourth-order valence-corrected chi connectivity index (χ4v) is 2.14. The van der Waals surface area contributed by atoms with Crippen LogP contribution in [0.1, 0.15) is 49.7 Å². The van der Waals surface area contributed by atoms with Crippen molar-refractivity contribution in [1.29, 1.82) is 0 Å². The lowest BCUT2D eigenvalue weighted by atomic mass is 10.0. The standard InChI is InChI=1S/C10H17N3S/c1-6(2)5-8(11)10-9(7(3)4)12-13-14-10/h7-8H,1,5,11H2,2-4H3. The van der Waals surface area contributed by atoms with Crippen LogP contribution in [0.4, 0.5) is 0 Å². The smallest absolute Gasteiger partial charge is 0.0829 e. The summed E-state index contributed by atoms with van der Waals surface area (Å²) in [6.07, 6.45) is 0.809. The molecule has 0 fully saturated rings. The van der Waals surface area contributed by atoms with Crippen LogP contribution < -0.4 is 5.73 Å². The molecular formula is C10H17N3S. The number of rotatable bonds is 4. The molecule has 1 heterocycles. The van der Waals surface area contributed by atoms with Crippen molar-refractivity contribution in [2.75, 3.05) is 0 Å². The van der Waals surface area contributed by atoms with E-state index >= 15 is 0 Å². The molecule has 0 saturated heterocycles. The Kier molecular flexibility index (Phi) is 3.77. The average Bonchev–Trinajstić information content (AvgIpc) is 2.49. The summed E-state index contributed by atoms with van der Waals surface area (Å²) in [4.78, 5) is 1.10. The molecule has 1 aromatic heterocycles. The van der Waals surface area contributed by atoms with Crippen LogP contribution in [0.2, 0.25) is 0 Å².